The molecule has 0 bridgehead atoms. The Hall–Kier alpha value is -2.18. The molecule has 1 aliphatic rings. The van der Waals surface area contributed by atoms with E-state index in [1.165, 1.54) is 11.4 Å². The lowest BCUT2D eigenvalue weighted by Gasteiger charge is -2.17. The van der Waals surface area contributed by atoms with E-state index in [0.29, 0.717) is 18.7 Å². The molecule has 1 aliphatic heterocycles. The van der Waals surface area contributed by atoms with E-state index in [1.54, 1.807) is 10.9 Å². The number of aromatic nitrogens is 3. The maximum atomic E-state index is 12.7. The highest BCUT2D eigenvalue weighted by Gasteiger charge is 2.35. The Labute approximate surface area is 153 Å². The molecule has 3 rings (SSSR count). The molecule has 2 aromatic rings. The van der Waals surface area contributed by atoms with Crippen LogP contribution in [0.4, 0.5) is 13.2 Å². The van der Waals surface area contributed by atoms with Gasteiger partial charge in [-0.1, -0.05) is 5.21 Å². The van der Waals surface area contributed by atoms with Gasteiger partial charge in [-0.05, 0) is 30.7 Å². The molecule has 1 aromatic heterocycles. The lowest BCUT2D eigenvalue weighted by Crippen LogP contribution is -2.29. The Morgan fingerprint density at radius 2 is 1.96 bits per heavy atom. The van der Waals surface area contributed by atoms with Crippen LogP contribution < -0.4 is 4.74 Å². The normalized spacial score (nSPS) is 18.7. The fraction of sp³-hybridized carbons (Fsp3) is 0.467. The summed E-state index contributed by atoms with van der Waals surface area (Å²) >= 11 is 0. The van der Waals surface area contributed by atoms with E-state index in [0.717, 1.165) is 24.3 Å². The third-order valence-corrected chi connectivity index (χ3v) is 5.92. The van der Waals surface area contributed by atoms with Gasteiger partial charge in [-0.25, -0.2) is 13.1 Å². The molecule has 2 heterocycles. The van der Waals surface area contributed by atoms with Gasteiger partial charge in [0, 0.05) is 20.2 Å². The molecule has 0 spiro atoms. The summed E-state index contributed by atoms with van der Waals surface area (Å²) in [5.41, 5.74) is 0.638. The predicted octanol–water partition coefficient (Wildman–Crippen LogP) is 1.96. The average Bonchev–Trinajstić information content (AvgIpc) is 3.23. The Bertz CT molecular complexity index is 883. The largest absolute Gasteiger partial charge is 0.573 e. The van der Waals surface area contributed by atoms with Gasteiger partial charge in [-0.2, -0.15) is 4.31 Å². The van der Waals surface area contributed by atoms with Gasteiger partial charge in [0.15, 0.2) is 0 Å². The van der Waals surface area contributed by atoms with Gasteiger partial charge in [0.1, 0.15) is 11.4 Å². The average molecular weight is 406 g/mol. The third-order valence-electron chi connectivity index (χ3n) is 4.05. The minimum Gasteiger partial charge on any atom is -0.406 e. The van der Waals surface area contributed by atoms with Crippen LogP contribution in [-0.4, -0.2) is 54.3 Å². The number of hydrogen-bond acceptors (Lipinski definition) is 6. The highest BCUT2D eigenvalue weighted by Crippen LogP contribution is 2.29. The SMILES string of the molecule is COCc1cn(C2CCN(S(=O)(=O)c3ccc(OC(F)(F)F)cc3)C2)nn1. The number of hydrogen-bond donors (Lipinski definition) is 0. The third kappa shape index (κ3) is 4.57. The molecule has 12 heteroatoms. The summed E-state index contributed by atoms with van der Waals surface area (Å²) in [6.07, 6.45) is -2.58. The molecule has 1 unspecified atom stereocenters. The number of benzene rings is 1. The van der Waals surface area contributed by atoms with E-state index in [9.17, 15) is 21.6 Å². The second-order valence-electron chi connectivity index (χ2n) is 5.95. The highest BCUT2D eigenvalue weighted by atomic mass is 32.2. The van der Waals surface area contributed by atoms with Crippen LogP contribution in [0, 0.1) is 0 Å². The monoisotopic (exact) mass is 406 g/mol. The zero-order chi connectivity index (χ0) is 19.7. The minimum absolute atomic E-state index is 0.101. The molecule has 0 N–H and O–H groups in total. The van der Waals surface area contributed by atoms with Crippen molar-refractivity contribution in [3.63, 3.8) is 0 Å². The van der Waals surface area contributed by atoms with Crippen LogP contribution in [0.1, 0.15) is 18.2 Å². The first kappa shape index (κ1) is 19.6. The molecule has 1 aromatic carbocycles. The lowest BCUT2D eigenvalue weighted by molar-refractivity contribution is -0.274. The van der Waals surface area contributed by atoms with Gasteiger partial charge < -0.3 is 9.47 Å². The zero-order valence-electron chi connectivity index (χ0n) is 14.3. The standard InChI is InChI=1S/C15H17F3N4O4S/c1-25-10-11-8-22(20-19-11)12-6-7-21(9-12)27(23,24)14-4-2-13(3-5-14)26-15(16,17)18/h2-5,8,12H,6-7,9-10H2,1H3. The van der Waals surface area contributed by atoms with E-state index in [-0.39, 0.29) is 24.0 Å². The van der Waals surface area contributed by atoms with Crippen LogP contribution in [0.25, 0.3) is 0 Å². The molecule has 8 nitrogen and oxygen atoms in total. The quantitative estimate of drug-likeness (QED) is 0.729. The van der Waals surface area contributed by atoms with Crippen molar-refractivity contribution in [1.82, 2.24) is 19.3 Å². The highest BCUT2D eigenvalue weighted by molar-refractivity contribution is 7.89. The van der Waals surface area contributed by atoms with Crippen molar-refractivity contribution in [3.05, 3.63) is 36.2 Å². The van der Waals surface area contributed by atoms with Gasteiger partial charge in [0.2, 0.25) is 10.0 Å². The second kappa shape index (κ2) is 7.44. The molecular formula is C15H17F3N4O4S. The Kier molecular flexibility index (Phi) is 5.40. The minimum atomic E-state index is -4.83. The van der Waals surface area contributed by atoms with Gasteiger partial charge >= 0.3 is 6.36 Å². The number of methoxy groups -OCH3 is 1. The Balaban J connectivity index is 1.70. The maximum Gasteiger partial charge on any atom is 0.573 e. The second-order valence-corrected chi connectivity index (χ2v) is 7.89. The van der Waals surface area contributed by atoms with E-state index in [1.807, 2.05) is 0 Å². The number of sulfonamides is 1. The van der Waals surface area contributed by atoms with Crippen LogP contribution in [-0.2, 0) is 21.4 Å². The molecule has 0 aliphatic carbocycles. The first-order chi connectivity index (χ1) is 12.7. The van der Waals surface area contributed by atoms with Crippen LogP contribution in [0.3, 0.4) is 0 Å². The van der Waals surface area contributed by atoms with Gasteiger partial charge in [-0.15, -0.1) is 18.3 Å². The molecular weight excluding hydrogens is 389 g/mol. The number of ether oxygens (including phenoxy) is 2. The van der Waals surface area contributed by atoms with Crippen LogP contribution in [0.5, 0.6) is 5.75 Å². The van der Waals surface area contributed by atoms with Crippen molar-refractivity contribution < 1.29 is 31.1 Å². The van der Waals surface area contributed by atoms with Crippen molar-refractivity contribution in [2.45, 2.75) is 30.3 Å². The summed E-state index contributed by atoms with van der Waals surface area (Å²) in [7, 11) is -2.30. The summed E-state index contributed by atoms with van der Waals surface area (Å²) < 4.78 is 73.6. The molecule has 1 fully saturated rings. The van der Waals surface area contributed by atoms with Gasteiger partial charge in [0.25, 0.3) is 0 Å². The summed E-state index contributed by atoms with van der Waals surface area (Å²) in [5, 5.41) is 7.94. The first-order valence-electron chi connectivity index (χ1n) is 7.94. The fourth-order valence-corrected chi connectivity index (χ4v) is 4.31. The Morgan fingerprint density at radius 1 is 1.26 bits per heavy atom. The van der Waals surface area contributed by atoms with E-state index >= 15 is 0 Å². The number of halogens is 3. The van der Waals surface area contributed by atoms with E-state index in [2.05, 4.69) is 15.0 Å². The first-order valence-corrected chi connectivity index (χ1v) is 9.38. The lowest BCUT2D eigenvalue weighted by atomic mass is 10.3. The van der Waals surface area contributed by atoms with E-state index in [4.69, 9.17) is 4.74 Å². The summed E-state index contributed by atoms with van der Waals surface area (Å²) in [5.74, 6) is -0.478. The summed E-state index contributed by atoms with van der Waals surface area (Å²) in [6, 6.07) is 3.96. The van der Waals surface area contributed by atoms with Gasteiger partial charge in [0.05, 0.1) is 23.7 Å². The predicted molar refractivity (Wildman–Crippen MR) is 86.3 cm³/mol. The molecule has 1 atom stereocenters. The van der Waals surface area contributed by atoms with Crippen molar-refractivity contribution in [3.8, 4) is 5.75 Å². The van der Waals surface area contributed by atoms with Gasteiger partial charge in [-0.3, -0.25) is 0 Å². The smallest absolute Gasteiger partial charge is 0.406 e. The van der Waals surface area contributed by atoms with Crippen LogP contribution >= 0.6 is 0 Å². The maximum absolute atomic E-state index is 12.7. The van der Waals surface area contributed by atoms with Crippen molar-refractivity contribution in [2.75, 3.05) is 20.2 Å². The number of alkyl halides is 3. The molecule has 0 saturated carbocycles. The molecule has 1 saturated heterocycles. The molecule has 0 amide bonds. The molecule has 27 heavy (non-hydrogen) atoms. The topological polar surface area (TPSA) is 86.5 Å². The molecule has 148 valence electrons. The Morgan fingerprint density at radius 3 is 2.59 bits per heavy atom. The molecule has 0 radical (unpaired) electrons. The van der Waals surface area contributed by atoms with Crippen molar-refractivity contribution >= 4 is 10.0 Å². The zero-order valence-corrected chi connectivity index (χ0v) is 15.1. The van der Waals surface area contributed by atoms with Crippen molar-refractivity contribution in [1.29, 1.82) is 0 Å². The van der Waals surface area contributed by atoms with Crippen LogP contribution in [0.15, 0.2) is 35.4 Å². The van der Waals surface area contributed by atoms with E-state index < -0.39 is 22.1 Å². The fourth-order valence-electron chi connectivity index (χ4n) is 2.81. The number of rotatable bonds is 6. The summed E-state index contributed by atoms with van der Waals surface area (Å²) in [4.78, 5) is -0.101. The van der Waals surface area contributed by atoms with Crippen molar-refractivity contribution in [2.24, 2.45) is 0 Å². The number of nitrogens with zero attached hydrogens (tertiary/aromatic N) is 4. The summed E-state index contributed by atoms with van der Waals surface area (Å²) in [6.45, 7) is 0.771. The van der Waals surface area contributed by atoms with Crippen LogP contribution in [0.2, 0.25) is 0 Å².